The van der Waals surface area contributed by atoms with Gasteiger partial charge in [0.15, 0.2) is 11.2 Å². The van der Waals surface area contributed by atoms with E-state index >= 15 is 0 Å². The Balaban J connectivity index is 2.07. The minimum atomic E-state index is -0.442. The summed E-state index contributed by atoms with van der Waals surface area (Å²) < 4.78 is 17.1. The highest BCUT2D eigenvalue weighted by atomic mass is 19.1. The van der Waals surface area contributed by atoms with Gasteiger partial charge in [0, 0.05) is 20.6 Å². The van der Waals surface area contributed by atoms with Crippen LogP contribution in [0.15, 0.2) is 39.0 Å². The van der Waals surface area contributed by atoms with Gasteiger partial charge < -0.3 is 4.57 Å². The van der Waals surface area contributed by atoms with Crippen LogP contribution in [0.2, 0.25) is 0 Å². The van der Waals surface area contributed by atoms with Crippen LogP contribution in [-0.2, 0) is 20.6 Å². The highest BCUT2D eigenvalue weighted by Gasteiger charge is 2.19. The largest absolute Gasteiger partial charge is 0.332 e. The first-order valence-electron chi connectivity index (χ1n) is 8.50. The Labute approximate surface area is 154 Å². The number of hydrazone groups is 1. The summed E-state index contributed by atoms with van der Waals surface area (Å²) >= 11 is 0. The van der Waals surface area contributed by atoms with Crippen LogP contribution in [0.25, 0.3) is 11.2 Å². The zero-order valence-electron chi connectivity index (χ0n) is 15.6. The number of halogens is 1. The van der Waals surface area contributed by atoms with Gasteiger partial charge in [0.2, 0.25) is 5.95 Å². The van der Waals surface area contributed by atoms with Crippen LogP contribution in [0.3, 0.4) is 0 Å². The quantitative estimate of drug-likeness (QED) is 0.545. The number of fused-ring (bicyclic) bond motifs is 1. The van der Waals surface area contributed by atoms with Gasteiger partial charge in [0.25, 0.3) is 5.56 Å². The molecule has 0 aliphatic carbocycles. The minimum absolute atomic E-state index is 0.242. The number of anilines is 1. The molecule has 0 atom stereocenters. The molecular formula is C18H21FN6O2. The van der Waals surface area contributed by atoms with Gasteiger partial charge in [-0.2, -0.15) is 10.1 Å². The van der Waals surface area contributed by atoms with Crippen LogP contribution in [0.1, 0.15) is 19.4 Å². The van der Waals surface area contributed by atoms with Gasteiger partial charge in [-0.15, -0.1) is 0 Å². The third-order valence-electron chi connectivity index (χ3n) is 4.14. The first-order chi connectivity index (χ1) is 12.8. The van der Waals surface area contributed by atoms with E-state index in [2.05, 4.69) is 15.5 Å². The van der Waals surface area contributed by atoms with Gasteiger partial charge >= 0.3 is 5.69 Å². The summed E-state index contributed by atoms with van der Waals surface area (Å²) in [6, 6.07) is 5.87. The smallest absolute Gasteiger partial charge is 0.303 e. The van der Waals surface area contributed by atoms with Gasteiger partial charge in [-0.25, -0.2) is 14.6 Å². The molecule has 2 heterocycles. The molecule has 27 heavy (non-hydrogen) atoms. The molecule has 0 fully saturated rings. The van der Waals surface area contributed by atoms with Crippen molar-refractivity contribution in [3.05, 3.63) is 56.5 Å². The van der Waals surface area contributed by atoms with E-state index in [-0.39, 0.29) is 11.7 Å². The summed E-state index contributed by atoms with van der Waals surface area (Å²) in [6.07, 6.45) is 1.52. The highest BCUT2D eigenvalue weighted by Crippen LogP contribution is 2.17. The van der Waals surface area contributed by atoms with Crippen LogP contribution >= 0.6 is 0 Å². The van der Waals surface area contributed by atoms with E-state index in [1.165, 1.54) is 30.0 Å². The number of hydrogen-bond donors (Lipinski definition) is 1. The van der Waals surface area contributed by atoms with E-state index in [0.29, 0.717) is 29.2 Å². The van der Waals surface area contributed by atoms with Gasteiger partial charge in [-0.05, 0) is 23.6 Å². The molecule has 3 rings (SSSR count). The average molecular weight is 372 g/mol. The molecule has 0 saturated carbocycles. The number of aryl methyl sites for hydroxylation is 1. The first kappa shape index (κ1) is 18.6. The molecule has 3 aromatic rings. The molecule has 142 valence electrons. The number of nitrogens with zero attached hydrogens (tertiary/aromatic N) is 5. The van der Waals surface area contributed by atoms with Gasteiger partial charge in [0.05, 0.1) is 6.21 Å². The fraction of sp³-hybridized carbons (Fsp3) is 0.333. The van der Waals surface area contributed by atoms with E-state index in [1.54, 1.807) is 23.7 Å². The summed E-state index contributed by atoms with van der Waals surface area (Å²) in [5, 5.41) is 4.13. The van der Waals surface area contributed by atoms with Crippen molar-refractivity contribution in [2.45, 2.75) is 20.4 Å². The van der Waals surface area contributed by atoms with E-state index in [1.807, 2.05) is 13.8 Å². The van der Waals surface area contributed by atoms with Crippen molar-refractivity contribution < 1.29 is 4.39 Å². The third-order valence-corrected chi connectivity index (χ3v) is 4.14. The second-order valence-electron chi connectivity index (χ2n) is 6.74. The van der Waals surface area contributed by atoms with Gasteiger partial charge in [0.1, 0.15) is 5.82 Å². The van der Waals surface area contributed by atoms with Crippen LogP contribution in [0.4, 0.5) is 10.3 Å². The molecule has 0 bridgehead atoms. The SMILES string of the molecule is CC(C)Cn1c(NN=Cc2ccc(F)cc2)nc2c1c(=O)n(C)c(=O)n2C. The summed E-state index contributed by atoms with van der Waals surface area (Å²) in [5.74, 6) is 0.275. The number of imidazole rings is 1. The zero-order valence-corrected chi connectivity index (χ0v) is 15.6. The van der Waals surface area contributed by atoms with Crippen molar-refractivity contribution in [1.29, 1.82) is 0 Å². The maximum absolute atomic E-state index is 13.0. The van der Waals surface area contributed by atoms with Crippen molar-refractivity contribution in [3.8, 4) is 0 Å². The molecule has 1 N–H and O–H groups in total. The Morgan fingerprint density at radius 2 is 1.85 bits per heavy atom. The van der Waals surface area contributed by atoms with E-state index in [4.69, 9.17) is 0 Å². The van der Waals surface area contributed by atoms with E-state index in [9.17, 15) is 14.0 Å². The van der Waals surface area contributed by atoms with Crippen molar-refractivity contribution >= 4 is 23.3 Å². The molecule has 9 heteroatoms. The zero-order chi connectivity index (χ0) is 19.7. The molecular weight excluding hydrogens is 351 g/mol. The summed E-state index contributed by atoms with van der Waals surface area (Å²) in [7, 11) is 3.01. The number of nitrogens with one attached hydrogen (secondary N) is 1. The van der Waals surface area contributed by atoms with Crippen molar-refractivity contribution in [3.63, 3.8) is 0 Å². The second kappa shape index (κ2) is 7.18. The Morgan fingerprint density at radius 3 is 2.48 bits per heavy atom. The van der Waals surface area contributed by atoms with E-state index in [0.717, 1.165) is 4.57 Å². The monoisotopic (exact) mass is 372 g/mol. The molecule has 0 aliphatic heterocycles. The second-order valence-corrected chi connectivity index (χ2v) is 6.74. The standard InChI is InChI=1S/C18H21FN6O2/c1-11(2)10-25-14-15(23(3)18(27)24(4)16(14)26)21-17(25)22-20-9-12-5-7-13(19)8-6-12/h5-9,11H,10H2,1-4H3,(H,21,22). The lowest BCUT2D eigenvalue weighted by Gasteiger charge is -2.11. The number of aromatic nitrogens is 4. The molecule has 0 unspecified atom stereocenters. The number of hydrogen-bond acceptors (Lipinski definition) is 5. The lowest BCUT2D eigenvalue weighted by atomic mass is 10.2. The molecule has 0 spiro atoms. The maximum Gasteiger partial charge on any atom is 0.332 e. The fourth-order valence-electron chi connectivity index (χ4n) is 2.79. The van der Waals surface area contributed by atoms with Crippen molar-refractivity contribution in [1.82, 2.24) is 18.7 Å². The lowest BCUT2D eigenvalue weighted by molar-refractivity contribution is 0.534. The Morgan fingerprint density at radius 1 is 1.19 bits per heavy atom. The Kier molecular flexibility index (Phi) is 4.93. The summed E-state index contributed by atoms with van der Waals surface area (Å²) in [6.45, 7) is 4.56. The summed E-state index contributed by atoms with van der Waals surface area (Å²) in [5.41, 5.74) is 3.32. The highest BCUT2D eigenvalue weighted by molar-refractivity contribution is 5.80. The first-order valence-corrected chi connectivity index (χ1v) is 8.50. The molecule has 0 radical (unpaired) electrons. The molecule has 0 amide bonds. The van der Waals surface area contributed by atoms with E-state index < -0.39 is 11.2 Å². The van der Waals surface area contributed by atoms with Crippen LogP contribution in [0, 0.1) is 11.7 Å². The van der Waals surface area contributed by atoms with Gasteiger partial charge in [-0.3, -0.25) is 13.9 Å². The average Bonchev–Trinajstić information content (AvgIpc) is 2.98. The fourth-order valence-corrected chi connectivity index (χ4v) is 2.79. The Hall–Kier alpha value is -3.23. The van der Waals surface area contributed by atoms with Crippen molar-refractivity contribution in [2.75, 3.05) is 5.43 Å². The number of rotatable bonds is 5. The molecule has 0 aliphatic rings. The maximum atomic E-state index is 13.0. The van der Waals surface area contributed by atoms with Crippen LogP contribution < -0.4 is 16.7 Å². The third kappa shape index (κ3) is 3.53. The molecule has 8 nitrogen and oxygen atoms in total. The van der Waals surface area contributed by atoms with Crippen molar-refractivity contribution in [2.24, 2.45) is 25.1 Å². The predicted octanol–water partition coefficient (Wildman–Crippen LogP) is 1.67. The van der Waals surface area contributed by atoms with Crippen LogP contribution in [0.5, 0.6) is 0 Å². The predicted molar refractivity (Wildman–Crippen MR) is 103 cm³/mol. The lowest BCUT2D eigenvalue weighted by Crippen LogP contribution is -2.37. The molecule has 2 aromatic heterocycles. The van der Waals surface area contributed by atoms with Gasteiger partial charge in [-0.1, -0.05) is 26.0 Å². The summed E-state index contributed by atoms with van der Waals surface area (Å²) in [4.78, 5) is 29.2. The number of benzene rings is 1. The molecule has 0 saturated heterocycles. The normalized spacial score (nSPS) is 11.8. The minimum Gasteiger partial charge on any atom is -0.303 e. The molecule has 1 aromatic carbocycles. The topological polar surface area (TPSA) is 86.2 Å². The van der Waals surface area contributed by atoms with Crippen LogP contribution in [-0.4, -0.2) is 24.9 Å². The Bertz CT molecular complexity index is 1120.